The number of esters is 1. The number of rotatable bonds is 4. The van der Waals surface area contributed by atoms with Crippen LogP contribution in [0.25, 0.3) is 0 Å². The van der Waals surface area contributed by atoms with Crippen LogP contribution in [0.5, 0.6) is 0 Å². The molecule has 0 atom stereocenters. The Kier molecular flexibility index (Phi) is 5.52. The lowest BCUT2D eigenvalue weighted by molar-refractivity contribution is 0.00628. The van der Waals surface area contributed by atoms with Gasteiger partial charge < -0.3 is 10.1 Å². The molecule has 1 aliphatic carbocycles. The molecule has 1 N–H and O–H groups in total. The maximum Gasteiger partial charge on any atom is 0.357 e. The highest BCUT2D eigenvalue weighted by molar-refractivity contribution is 6.04. The lowest BCUT2D eigenvalue weighted by atomic mass is 9.84. The van der Waals surface area contributed by atoms with Crippen LogP contribution < -0.4 is 5.32 Å². The molecular weight excluding hydrogens is 364 g/mol. The van der Waals surface area contributed by atoms with Crippen molar-refractivity contribution in [2.45, 2.75) is 71.3 Å². The van der Waals surface area contributed by atoms with Crippen LogP contribution in [-0.2, 0) is 10.2 Å². The lowest BCUT2D eigenvalue weighted by Gasteiger charge is -2.21. The fourth-order valence-corrected chi connectivity index (χ4v) is 2.99. The van der Waals surface area contributed by atoms with Gasteiger partial charge in [0, 0.05) is 5.56 Å². The number of nitrogens with one attached hydrogen (secondary N) is 1. The molecule has 0 saturated heterocycles. The van der Waals surface area contributed by atoms with Crippen LogP contribution in [0.1, 0.15) is 92.3 Å². The second-order valence-corrected chi connectivity index (χ2v) is 9.76. The average Bonchev–Trinajstić information content (AvgIpc) is 3.45. The van der Waals surface area contributed by atoms with E-state index in [2.05, 4.69) is 37.1 Å². The summed E-state index contributed by atoms with van der Waals surface area (Å²) in [6.07, 6.45) is 3.85. The van der Waals surface area contributed by atoms with Crippen LogP contribution in [-0.4, -0.2) is 22.5 Å². The number of pyridine rings is 1. The second kappa shape index (κ2) is 7.62. The molecule has 1 saturated carbocycles. The van der Waals surface area contributed by atoms with Gasteiger partial charge in [0.1, 0.15) is 11.3 Å². The summed E-state index contributed by atoms with van der Waals surface area (Å²) in [4.78, 5) is 29.1. The predicted octanol–water partition coefficient (Wildman–Crippen LogP) is 5.46. The quantitative estimate of drug-likeness (QED) is 0.699. The van der Waals surface area contributed by atoms with Crippen molar-refractivity contribution >= 4 is 17.6 Å². The summed E-state index contributed by atoms with van der Waals surface area (Å²) in [6.45, 7) is 11.9. The minimum atomic E-state index is -0.580. The standard InChI is InChI=1S/C24H30N2O3/c1-23(2,3)18-12-16(15-7-8-15)11-17(13-18)21(27)26-19-9-10-20(25-14-19)22(28)29-24(4,5)6/h9-15H,7-8H2,1-6H3,(H,26,27). The average molecular weight is 395 g/mol. The van der Waals surface area contributed by atoms with Crippen LogP contribution in [0.2, 0.25) is 0 Å². The summed E-state index contributed by atoms with van der Waals surface area (Å²) in [5.41, 5.74) is 3.18. The van der Waals surface area contributed by atoms with Crippen molar-refractivity contribution in [3.05, 3.63) is 58.9 Å². The molecule has 0 bridgehead atoms. The first-order chi connectivity index (χ1) is 13.4. The predicted molar refractivity (Wildman–Crippen MR) is 114 cm³/mol. The maximum absolute atomic E-state index is 12.9. The number of hydrogen-bond acceptors (Lipinski definition) is 4. The molecule has 1 amide bonds. The number of carbonyl (C=O) groups excluding carboxylic acids is 2. The van der Waals surface area contributed by atoms with E-state index in [1.807, 2.05) is 12.1 Å². The van der Waals surface area contributed by atoms with E-state index in [9.17, 15) is 9.59 Å². The summed E-state index contributed by atoms with van der Waals surface area (Å²) in [5, 5.41) is 2.88. The summed E-state index contributed by atoms with van der Waals surface area (Å²) < 4.78 is 5.31. The number of anilines is 1. The smallest absolute Gasteiger partial charge is 0.357 e. The topological polar surface area (TPSA) is 68.3 Å². The van der Waals surface area contributed by atoms with E-state index in [1.54, 1.807) is 32.9 Å². The van der Waals surface area contributed by atoms with Gasteiger partial charge in [-0.2, -0.15) is 0 Å². The Labute approximate surface area is 172 Å². The number of ether oxygens (including phenoxy) is 1. The maximum atomic E-state index is 12.9. The zero-order chi connectivity index (χ0) is 21.4. The number of carbonyl (C=O) groups is 2. The van der Waals surface area contributed by atoms with Gasteiger partial charge in [0.15, 0.2) is 0 Å². The molecule has 0 aliphatic heterocycles. The monoisotopic (exact) mass is 394 g/mol. The van der Waals surface area contributed by atoms with Gasteiger partial charge in [-0.15, -0.1) is 0 Å². The van der Waals surface area contributed by atoms with E-state index in [1.165, 1.54) is 24.6 Å². The summed E-state index contributed by atoms with van der Waals surface area (Å²) in [6, 6.07) is 9.41. The van der Waals surface area contributed by atoms with Gasteiger partial charge in [0.05, 0.1) is 11.9 Å². The Bertz CT molecular complexity index is 915. The molecular formula is C24H30N2O3. The largest absolute Gasteiger partial charge is 0.455 e. The van der Waals surface area contributed by atoms with E-state index in [0.29, 0.717) is 17.2 Å². The number of amides is 1. The third-order valence-electron chi connectivity index (χ3n) is 4.76. The molecule has 1 fully saturated rings. The zero-order valence-electron chi connectivity index (χ0n) is 18.1. The summed E-state index contributed by atoms with van der Waals surface area (Å²) in [5.74, 6) is -0.0919. The van der Waals surface area contributed by atoms with Crippen molar-refractivity contribution in [3.8, 4) is 0 Å². The molecule has 3 rings (SSSR count). The number of benzene rings is 1. The van der Waals surface area contributed by atoms with Gasteiger partial charge in [-0.1, -0.05) is 26.8 Å². The third-order valence-corrected chi connectivity index (χ3v) is 4.76. The van der Waals surface area contributed by atoms with Crippen molar-refractivity contribution in [3.63, 3.8) is 0 Å². The Morgan fingerprint density at radius 1 is 1.03 bits per heavy atom. The second-order valence-electron chi connectivity index (χ2n) is 9.76. The first-order valence-electron chi connectivity index (χ1n) is 10.1. The normalized spacial score (nSPS) is 14.4. The highest BCUT2D eigenvalue weighted by Gasteiger charge is 2.27. The van der Waals surface area contributed by atoms with Crippen LogP contribution >= 0.6 is 0 Å². The Balaban J connectivity index is 1.76. The summed E-state index contributed by atoms with van der Waals surface area (Å²) >= 11 is 0. The van der Waals surface area contributed by atoms with Crippen molar-refractivity contribution in [2.24, 2.45) is 0 Å². The fourth-order valence-electron chi connectivity index (χ4n) is 2.99. The van der Waals surface area contributed by atoms with Crippen LogP contribution in [0.15, 0.2) is 36.5 Å². The summed E-state index contributed by atoms with van der Waals surface area (Å²) in [7, 11) is 0. The van der Waals surface area contributed by atoms with Crippen molar-refractivity contribution in [1.82, 2.24) is 4.98 Å². The van der Waals surface area contributed by atoms with Crippen molar-refractivity contribution < 1.29 is 14.3 Å². The first kappa shape index (κ1) is 21.0. The SMILES string of the molecule is CC(C)(C)OC(=O)c1ccc(NC(=O)c2cc(C3CC3)cc(C(C)(C)C)c2)cn1. The van der Waals surface area contributed by atoms with Gasteiger partial charge >= 0.3 is 5.97 Å². The van der Waals surface area contributed by atoms with Gasteiger partial charge in [0.2, 0.25) is 0 Å². The van der Waals surface area contributed by atoms with E-state index < -0.39 is 11.6 Å². The molecule has 29 heavy (non-hydrogen) atoms. The third kappa shape index (κ3) is 5.66. The molecule has 5 nitrogen and oxygen atoms in total. The molecule has 154 valence electrons. The van der Waals surface area contributed by atoms with Crippen molar-refractivity contribution in [2.75, 3.05) is 5.32 Å². The lowest BCUT2D eigenvalue weighted by Crippen LogP contribution is -2.24. The molecule has 0 unspecified atom stereocenters. The Hall–Kier alpha value is -2.69. The number of aromatic nitrogens is 1. The number of hydrogen-bond donors (Lipinski definition) is 1. The molecule has 1 aliphatic rings. The van der Waals surface area contributed by atoms with Gasteiger partial charge in [0.25, 0.3) is 5.91 Å². The zero-order valence-corrected chi connectivity index (χ0v) is 18.1. The van der Waals surface area contributed by atoms with Crippen LogP contribution in [0.4, 0.5) is 5.69 Å². The fraction of sp³-hybridized carbons (Fsp3) is 0.458. The molecule has 2 aromatic rings. The minimum absolute atomic E-state index is 0.0312. The highest BCUT2D eigenvalue weighted by Crippen LogP contribution is 2.41. The van der Waals surface area contributed by atoms with Crippen molar-refractivity contribution in [1.29, 1.82) is 0 Å². The minimum Gasteiger partial charge on any atom is -0.455 e. The first-order valence-corrected chi connectivity index (χ1v) is 10.1. The molecule has 0 radical (unpaired) electrons. The van der Waals surface area contributed by atoms with E-state index in [0.717, 1.165) is 5.56 Å². The molecule has 0 spiro atoms. The van der Waals surface area contributed by atoms with E-state index >= 15 is 0 Å². The van der Waals surface area contributed by atoms with Gasteiger partial charge in [-0.25, -0.2) is 9.78 Å². The molecule has 1 heterocycles. The van der Waals surface area contributed by atoms with Crippen LogP contribution in [0, 0.1) is 0 Å². The van der Waals surface area contributed by atoms with Gasteiger partial charge in [-0.05, 0) is 80.3 Å². The van der Waals surface area contributed by atoms with E-state index in [-0.39, 0.29) is 17.0 Å². The van der Waals surface area contributed by atoms with Gasteiger partial charge in [-0.3, -0.25) is 4.79 Å². The van der Waals surface area contributed by atoms with E-state index in [4.69, 9.17) is 4.74 Å². The molecule has 1 aromatic carbocycles. The Morgan fingerprint density at radius 3 is 2.24 bits per heavy atom. The molecule has 5 heteroatoms. The van der Waals surface area contributed by atoms with Crippen LogP contribution in [0.3, 0.4) is 0 Å². The molecule has 1 aromatic heterocycles. The Morgan fingerprint density at radius 2 is 1.72 bits per heavy atom. The number of nitrogens with zero attached hydrogens (tertiary/aromatic N) is 1. The highest BCUT2D eigenvalue weighted by atomic mass is 16.6.